The van der Waals surface area contributed by atoms with Crippen LogP contribution in [-0.4, -0.2) is 141 Å². The fourth-order valence-corrected chi connectivity index (χ4v) is 7.60. The van der Waals surface area contributed by atoms with Crippen LogP contribution in [0.25, 0.3) is 0 Å². The molecule has 0 saturated carbocycles. The maximum Gasteiger partial charge on any atom is 0.357 e. The van der Waals surface area contributed by atoms with E-state index in [-0.39, 0.29) is 36.6 Å². The molecule has 2 aliphatic rings. The van der Waals surface area contributed by atoms with Crippen LogP contribution in [0.4, 0.5) is 0 Å². The molecular formula is C36H61N3O10. The number of aliphatic hydroxyl groups is 4. The van der Waals surface area contributed by atoms with Crippen LogP contribution in [0.15, 0.2) is 24.4 Å². The van der Waals surface area contributed by atoms with E-state index in [1.807, 2.05) is 44.8 Å². The third kappa shape index (κ3) is 9.76. The van der Waals surface area contributed by atoms with Gasteiger partial charge in [-0.1, -0.05) is 26.8 Å². The average Bonchev–Trinajstić information content (AvgIpc) is 3.03. The summed E-state index contributed by atoms with van der Waals surface area (Å²) in [5, 5.41) is 46.7. The van der Waals surface area contributed by atoms with E-state index in [2.05, 4.69) is 4.98 Å². The summed E-state index contributed by atoms with van der Waals surface area (Å²) in [6.07, 6.45) is -4.81. The standard InChI is InChI=1S/C36H61N3O10/c1-12-27-36(8,45)30(41)24(6)39(11)19-20(2)18-35(7,44)31(49-34-28(40)26(38(9)10)17-21(3)46-34)22(4)29(23(5)32(42)47-27)48-33(43)25-15-13-14-16-37-25/h13-16,20-24,26-31,34,40-41,44-45H,12,17-19H2,1-11H3/t20-,21-,22+,23-,24-,26+,27?,28-,29+,30-,31-,34+,35-,36-/m1/s1. The van der Waals surface area contributed by atoms with Gasteiger partial charge in [-0.3, -0.25) is 4.79 Å². The van der Waals surface area contributed by atoms with Crippen molar-refractivity contribution < 1.29 is 49.0 Å². The van der Waals surface area contributed by atoms with E-state index in [0.717, 1.165) is 0 Å². The summed E-state index contributed by atoms with van der Waals surface area (Å²) in [7, 11) is 5.55. The molecule has 2 fully saturated rings. The summed E-state index contributed by atoms with van der Waals surface area (Å²) in [6.45, 7) is 14.1. The minimum Gasteiger partial charge on any atom is -0.459 e. The zero-order chi connectivity index (χ0) is 37.0. The number of rotatable bonds is 6. The maximum atomic E-state index is 14.0. The molecule has 49 heavy (non-hydrogen) atoms. The molecule has 1 unspecified atom stereocenters. The Labute approximate surface area is 291 Å². The van der Waals surface area contributed by atoms with Crippen molar-refractivity contribution in [2.75, 3.05) is 27.7 Å². The van der Waals surface area contributed by atoms with E-state index in [0.29, 0.717) is 13.0 Å². The van der Waals surface area contributed by atoms with Crippen molar-refractivity contribution in [3.8, 4) is 0 Å². The lowest BCUT2D eigenvalue weighted by molar-refractivity contribution is -0.299. The molecule has 3 heterocycles. The van der Waals surface area contributed by atoms with Crippen LogP contribution in [0.2, 0.25) is 0 Å². The highest BCUT2D eigenvalue weighted by atomic mass is 16.7. The Morgan fingerprint density at radius 2 is 1.78 bits per heavy atom. The highest BCUT2D eigenvalue weighted by Gasteiger charge is 2.51. The molecule has 0 spiro atoms. The average molecular weight is 696 g/mol. The normalized spacial score (nSPS) is 42.2. The SMILES string of the molecule is CCC1OC(=O)[C@H](C)[C@@H](OC(=O)c2ccccn2)[C@H](C)[C@@H](O[C@@H]2O[C@H](C)C[C@H](N(C)C)[C@H]2O)[C@](C)(O)C[C@@H](C)CN(C)[C@H](C)[C@@H](O)[C@]1(C)O. The Morgan fingerprint density at radius 1 is 1.12 bits per heavy atom. The lowest BCUT2D eigenvalue weighted by atomic mass is 9.77. The third-order valence-electron chi connectivity index (χ3n) is 10.5. The number of likely N-dealkylation sites (N-methyl/N-ethyl adjacent to an activating group) is 2. The molecule has 0 amide bonds. The fourth-order valence-electron chi connectivity index (χ4n) is 7.60. The summed E-state index contributed by atoms with van der Waals surface area (Å²) in [6, 6.07) is 3.95. The van der Waals surface area contributed by atoms with Gasteiger partial charge >= 0.3 is 11.9 Å². The van der Waals surface area contributed by atoms with E-state index in [4.69, 9.17) is 18.9 Å². The number of aromatic nitrogens is 1. The number of cyclic esters (lactones) is 1. The number of carbonyl (C=O) groups excluding carboxylic acids is 2. The molecular weight excluding hydrogens is 634 g/mol. The molecule has 0 aromatic carbocycles. The molecule has 1 aromatic heterocycles. The molecule has 4 N–H and O–H groups in total. The number of hydrogen-bond donors (Lipinski definition) is 4. The van der Waals surface area contributed by atoms with E-state index < -0.39 is 77.8 Å². The second-order valence-corrected chi connectivity index (χ2v) is 15.2. The summed E-state index contributed by atoms with van der Waals surface area (Å²) in [5.74, 6) is -3.72. The Kier molecular flexibility index (Phi) is 14.2. The van der Waals surface area contributed by atoms with Crippen molar-refractivity contribution in [2.45, 2.75) is 141 Å². The molecule has 13 nitrogen and oxygen atoms in total. The Bertz CT molecular complexity index is 1220. The largest absolute Gasteiger partial charge is 0.459 e. The number of hydrogen-bond acceptors (Lipinski definition) is 13. The number of carbonyl (C=O) groups is 2. The van der Waals surface area contributed by atoms with Gasteiger partial charge in [0.15, 0.2) is 6.29 Å². The van der Waals surface area contributed by atoms with Gasteiger partial charge in [0, 0.05) is 30.7 Å². The number of esters is 2. The van der Waals surface area contributed by atoms with E-state index >= 15 is 0 Å². The van der Waals surface area contributed by atoms with Crippen LogP contribution in [0.3, 0.4) is 0 Å². The van der Waals surface area contributed by atoms with Crippen molar-refractivity contribution in [3.63, 3.8) is 0 Å². The first-order chi connectivity index (χ1) is 22.7. The van der Waals surface area contributed by atoms with Gasteiger partial charge in [-0.05, 0) is 93.1 Å². The second kappa shape index (κ2) is 16.9. The highest BCUT2D eigenvalue weighted by molar-refractivity contribution is 5.87. The first-order valence-corrected chi connectivity index (χ1v) is 17.5. The van der Waals surface area contributed by atoms with Gasteiger partial charge in [-0.25, -0.2) is 9.78 Å². The zero-order valence-electron chi connectivity index (χ0n) is 31.1. The van der Waals surface area contributed by atoms with E-state index in [9.17, 15) is 30.0 Å². The molecule has 3 rings (SSSR count). The quantitative estimate of drug-likeness (QED) is 0.320. The Hall–Kier alpha value is -2.23. The monoisotopic (exact) mass is 695 g/mol. The molecule has 0 radical (unpaired) electrons. The van der Waals surface area contributed by atoms with Gasteiger partial charge < -0.3 is 49.2 Å². The predicted octanol–water partition coefficient (Wildman–Crippen LogP) is 2.24. The van der Waals surface area contributed by atoms with Crippen molar-refractivity contribution in [1.29, 1.82) is 0 Å². The first kappa shape index (κ1) is 41.2. The van der Waals surface area contributed by atoms with Gasteiger partial charge in [-0.15, -0.1) is 0 Å². The molecule has 14 atom stereocenters. The van der Waals surface area contributed by atoms with Crippen LogP contribution >= 0.6 is 0 Å². The number of aliphatic hydroxyl groups excluding tert-OH is 2. The van der Waals surface area contributed by atoms with Crippen molar-refractivity contribution in [2.24, 2.45) is 17.8 Å². The molecule has 1 aromatic rings. The van der Waals surface area contributed by atoms with Gasteiger partial charge in [0.25, 0.3) is 0 Å². The molecule has 13 heteroatoms. The van der Waals surface area contributed by atoms with Crippen LogP contribution in [0.5, 0.6) is 0 Å². The number of ether oxygens (including phenoxy) is 4. The zero-order valence-corrected chi connectivity index (χ0v) is 31.1. The highest BCUT2D eigenvalue weighted by Crippen LogP contribution is 2.37. The van der Waals surface area contributed by atoms with Crippen LogP contribution in [0, 0.1) is 17.8 Å². The summed E-state index contributed by atoms with van der Waals surface area (Å²) < 4.78 is 24.7. The third-order valence-corrected chi connectivity index (χ3v) is 10.5. The molecule has 2 saturated heterocycles. The minimum atomic E-state index is -1.82. The minimum absolute atomic E-state index is 0.0206. The summed E-state index contributed by atoms with van der Waals surface area (Å²) >= 11 is 0. The summed E-state index contributed by atoms with van der Waals surface area (Å²) in [4.78, 5) is 35.4. The second-order valence-electron chi connectivity index (χ2n) is 15.2. The van der Waals surface area contributed by atoms with Crippen molar-refractivity contribution in [3.05, 3.63) is 30.1 Å². The topological polar surface area (TPSA) is 171 Å². The van der Waals surface area contributed by atoms with Gasteiger partial charge in [0.2, 0.25) is 0 Å². The fraction of sp³-hybridized carbons (Fsp3) is 0.806. The lowest BCUT2D eigenvalue weighted by Gasteiger charge is -2.47. The van der Waals surface area contributed by atoms with Crippen LogP contribution in [0.1, 0.15) is 85.1 Å². The smallest absolute Gasteiger partial charge is 0.357 e. The molecule has 0 aliphatic carbocycles. The number of nitrogens with zero attached hydrogens (tertiary/aromatic N) is 3. The van der Waals surface area contributed by atoms with Crippen LogP contribution < -0.4 is 0 Å². The van der Waals surface area contributed by atoms with E-state index in [1.165, 1.54) is 19.2 Å². The van der Waals surface area contributed by atoms with Gasteiger partial charge in [0.05, 0.1) is 23.7 Å². The number of pyridine rings is 1. The molecule has 280 valence electrons. The van der Waals surface area contributed by atoms with Gasteiger partial charge in [0.1, 0.15) is 35.7 Å². The lowest BCUT2D eigenvalue weighted by Crippen LogP contribution is -2.59. The first-order valence-electron chi connectivity index (χ1n) is 17.5. The Balaban J connectivity index is 2.16. The van der Waals surface area contributed by atoms with Crippen molar-refractivity contribution in [1.82, 2.24) is 14.8 Å². The van der Waals surface area contributed by atoms with E-state index in [1.54, 1.807) is 46.8 Å². The molecule has 0 bridgehead atoms. The summed E-state index contributed by atoms with van der Waals surface area (Å²) in [5.41, 5.74) is -3.40. The maximum absolute atomic E-state index is 14.0. The van der Waals surface area contributed by atoms with Crippen LogP contribution in [-0.2, 0) is 23.7 Å². The van der Waals surface area contributed by atoms with Crippen molar-refractivity contribution >= 4 is 11.9 Å². The van der Waals surface area contributed by atoms with Gasteiger partial charge in [-0.2, -0.15) is 0 Å². The predicted molar refractivity (Wildman–Crippen MR) is 182 cm³/mol. The molecule has 2 aliphatic heterocycles. The Morgan fingerprint density at radius 3 is 2.35 bits per heavy atom.